The first-order valence-corrected chi connectivity index (χ1v) is 6.93. The van der Waals surface area contributed by atoms with Gasteiger partial charge in [0.05, 0.1) is 0 Å². The van der Waals surface area contributed by atoms with Gasteiger partial charge in [-0.3, -0.25) is 0 Å². The van der Waals surface area contributed by atoms with Gasteiger partial charge in [0, 0.05) is 20.1 Å². The van der Waals surface area contributed by atoms with E-state index in [1.807, 2.05) is 25.1 Å². The molecule has 1 N–H and O–H groups in total. The lowest BCUT2D eigenvalue weighted by Crippen LogP contribution is -2.03. The molecule has 0 spiro atoms. The summed E-state index contributed by atoms with van der Waals surface area (Å²) in [7, 11) is 0. The average Bonchev–Trinajstić information content (AvgIpc) is 2.35. The van der Waals surface area contributed by atoms with Crippen LogP contribution in [-0.2, 0) is 0 Å². The molecule has 2 rings (SSSR count). The molecule has 0 fully saturated rings. The molecule has 4 heteroatoms. The van der Waals surface area contributed by atoms with Gasteiger partial charge in [0.25, 0.3) is 0 Å². The molecule has 94 valence electrons. The van der Waals surface area contributed by atoms with Crippen LogP contribution in [0, 0.1) is 6.92 Å². The highest BCUT2D eigenvalue weighted by atomic mass is 79.9. The van der Waals surface area contributed by atoms with Gasteiger partial charge < -0.3 is 5.11 Å². The van der Waals surface area contributed by atoms with Gasteiger partial charge in [-0.25, -0.2) is 0 Å². The largest absolute Gasteiger partial charge is 0.384 e. The first-order chi connectivity index (χ1) is 8.50. The van der Waals surface area contributed by atoms with E-state index in [1.54, 1.807) is 18.2 Å². The van der Waals surface area contributed by atoms with Crippen molar-refractivity contribution in [2.24, 2.45) is 0 Å². The summed E-state index contributed by atoms with van der Waals surface area (Å²) in [5.41, 5.74) is 2.42. The van der Waals surface area contributed by atoms with Crippen LogP contribution in [0.4, 0.5) is 0 Å². The second kappa shape index (κ2) is 5.62. The lowest BCUT2D eigenvalue weighted by molar-refractivity contribution is 0.219. The molecule has 0 heterocycles. The summed E-state index contributed by atoms with van der Waals surface area (Å²) >= 11 is 15.5. The molecule has 1 unspecified atom stereocenters. The minimum atomic E-state index is -0.784. The predicted molar refractivity (Wildman–Crippen MR) is 79.4 cm³/mol. The van der Waals surface area contributed by atoms with Crippen LogP contribution in [0.5, 0.6) is 0 Å². The van der Waals surface area contributed by atoms with Gasteiger partial charge in [0.15, 0.2) is 0 Å². The highest BCUT2D eigenvalue weighted by molar-refractivity contribution is 9.10. The van der Waals surface area contributed by atoms with Crippen LogP contribution in [0.2, 0.25) is 10.0 Å². The van der Waals surface area contributed by atoms with Crippen LogP contribution in [0.1, 0.15) is 22.8 Å². The number of aliphatic hydroxyl groups excluding tert-OH is 1. The van der Waals surface area contributed by atoms with Gasteiger partial charge in [-0.2, -0.15) is 0 Å². The Hall–Kier alpha value is -0.540. The zero-order chi connectivity index (χ0) is 13.3. The van der Waals surface area contributed by atoms with E-state index in [1.165, 1.54) is 0 Å². The molecular weight excluding hydrogens is 335 g/mol. The van der Waals surface area contributed by atoms with Gasteiger partial charge in [-0.05, 0) is 42.3 Å². The fourth-order valence-corrected chi connectivity index (χ4v) is 2.60. The Labute approximate surface area is 124 Å². The fraction of sp³-hybridized carbons (Fsp3) is 0.143. The summed E-state index contributed by atoms with van der Waals surface area (Å²) in [6.07, 6.45) is -0.784. The number of halogens is 3. The molecule has 0 saturated heterocycles. The van der Waals surface area contributed by atoms with E-state index in [2.05, 4.69) is 15.9 Å². The monoisotopic (exact) mass is 344 g/mol. The fourth-order valence-electron chi connectivity index (χ4n) is 1.81. The van der Waals surface area contributed by atoms with Gasteiger partial charge in [0.2, 0.25) is 0 Å². The van der Waals surface area contributed by atoms with Crippen molar-refractivity contribution in [2.75, 3.05) is 0 Å². The maximum atomic E-state index is 10.4. The van der Waals surface area contributed by atoms with Crippen molar-refractivity contribution in [3.63, 3.8) is 0 Å². The maximum Gasteiger partial charge on any atom is 0.106 e. The standard InChI is InChI=1S/C14H11BrCl2O/c1-8-10(3-2-4-12(8)15)14(18)11-7-9(16)5-6-13(11)17/h2-7,14,18H,1H3. The summed E-state index contributed by atoms with van der Waals surface area (Å²) in [4.78, 5) is 0. The number of rotatable bonds is 2. The van der Waals surface area contributed by atoms with E-state index in [4.69, 9.17) is 23.2 Å². The van der Waals surface area contributed by atoms with E-state index in [0.29, 0.717) is 15.6 Å². The average molecular weight is 346 g/mol. The molecular formula is C14H11BrCl2O. The summed E-state index contributed by atoms with van der Waals surface area (Å²) < 4.78 is 0.956. The first kappa shape index (κ1) is 13.9. The Morgan fingerprint density at radius 2 is 1.83 bits per heavy atom. The molecule has 0 radical (unpaired) electrons. The van der Waals surface area contributed by atoms with Crippen molar-refractivity contribution in [3.8, 4) is 0 Å². The van der Waals surface area contributed by atoms with Crippen molar-refractivity contribution in [2.45, 2.75) is 13.0 Å². The maximum absolute atomic E-state index is 10.4. The highest BCUT2D eigenvalue weighted by Gasteiger charge is 2.17. The molecule has 0 aliphatic rings. The summed E-state index contributed by atoms with van der Waals surface area (Å²) in [6.45, 7) is 1.95. The molecule has 0 aliphatic heterocycles. The normalized spacial score (nSPS) is 12.5. The van der Waals surface area contributed by atoms with Gasteiger partial charge in [-0.1, -0.05) is 51.3 Å². The molecule has 0 saturated carbocycles. The minimum absolute atomic E-state index is 0.506. The molecule has 2 aromatic rings. The topological polar surface area (TPSA) is 20.2 Å². The van der Waals surface area contributed by atoms with Crippen molar-refractivity contribution in [1.29, 1.82) is 0 Å². The first-order valence-electron chi connectivity index (χ1n) is 5.38. The Kier molecular flexibility index (Phi) is 4.33. The van der Waals surface area contributed by atoms with E-state index in [-0.39, 0.29) is 0 Å². The van der Waals surface area contributed by atoms with E-state index >= 15 is 0 Å². The molecule has 1 atom stereocenters. The molecule has 0 bridgehead atoms. The third-order valence-corrected chi connectivity index (χ3v) is 4.30. The predicted octanol–water partition coefficient (Wildman–Crippen LogP) is 5.15. The Bertz CT molecular complexity index is 582. The van der Waals surface area contributed by atoms with E-state index in [0.717, 1.165) is 15.6 Å². The molecule has 0 aromatic heterocycles. The van der Waals surface area contributed by atoms with Gasteiger partial charge in [-0.15, -0.1) is 0 Å². The summed E-state index contributed by atoms with van der Waals surface area (Å²) in [5, 5.41) is 11.5. The third-order valence-electron chi connectivity index (χ3n) is 2.86. The summed E-state index contributed by atoms with van der Waals surface area (Å²) in [6, 6.07) is 10.8. The third kappa shape index (κ3) is 2.72. The molecule has 0 aliphatic carbocycles. The second-order valence-electron chi connectivity index (χ2n) is 4.02. The molecule has 0 amide bonds. The molecule has 2 aromatic carbocycles. The van der Waals surface area contributed by atoms with E-state index < -0.39 is 6.10 Å². The van der Waals surface area contributed by atoms with Crippen molar-refractivity contribution >= 4 is 39.1 Å². The quantitative estimate of drug-likeness (QED) is 0.798. The Morgan fingerprint density at radius 1 is 1.11 bits per heavy atom. The Balaban J connectivity index is 2.51. The van der Waals surface area contributed by atoms with Crippen molar-refractivity contribution in [1.82, 2.24) is 0 Å². The summed E-state index contributed by atoms with van der Waals surface area (Å²) in [5.74, 6) is 0. The highest BCUT2D eigenvalue weighted by Crippen LogP contribution is 2.33. The smallest absolute Gasteiger partial charge is 0.106 e. The second-order valence-corrected chi connectivity index (χ2v) is 5.72. The SMILES string of the molecule is Cc1c(Br)cccc1C(O)c1cc(Cl)ccc1Cl. The van der Waals surface area contributed by atoms with Gasteiger partial charge in [0.1, 0.15) is 6.10 Å². The number of benzene rings is 2. The van der Waals surface area contributed by atoms with Crippen molar-refractivity contribution in [3.05, 3.63) is 67.6 Å². The Morgan fingerprint density at radius 3 is 2.56 bits per heavy atom. The lowest BCUT2D eigenvalue weighted by Gasteiger charge is -2.16. The van der Waals surface area contributed by atoms with E-state index in [9.17, 15) is 5.11 Å². The van der Waals surface area contributed by atoms with Crippen LogP contribution in [0.3, 0.4) is 0 Å². The zero-order valence-electron chi connectivity index (χ0n) is 9.62. The van der Waals surface area contributed by atoms with Crippen LogP contribution in [0.15, 0.2) is 40.9 Å². The van der Waals surface area contributed by atoms with Crippen LogP contribution >= 0.6 is 39.1 Å². The number of hydrogen-bond acceptors (Lipinski definition) is 1. The zero-order valence-corrected chi connectivity index (χ0v) is 12.7. The van der Waals surface area contributed by atoms with Crippen LogP contribution in [0.25, 0.3) is 0 Å². The minimum Gasteiger partial charge on any atom is -0.384 e. The van der Waals surface area contributed by atoms with Crippen LogP contribution in [-0.4, -0.2) is 5.11 Å². The van der Waals surface area contributed by atoms with Crippen molar-refractivity contribution < 1.29 is 5.11 Å². The molecule has 18 heavy (non-hydrogen) atoms. The van der Waals surface area contributed by atoms with Gasteiger partial charge >= 0.3 is 0 Å². The van der Waals surface area contributed by atoms with Crippen LogP contribution < -0.4 is 0 Å². The number of aliphatic hydroxyl groups is 1. The molecule has 1 nitrogen and oxygen atoms in total. The number of hydrogen-bond donors (Lipinski definition) is 1. The lowest BCUT2D eigenvalue weighted by atomic mass is 9.97.